The van der Waals surface area contributed by atoms with Crippen LogP contribution in [-0.2, 0) is 0 Å². The maximum atomic E-state index is 12.6. The second-order valence-corrected chi connectivity index (χ2v) is 6.66. The van der Waals surface area contributed by atoms with Crippen LogP contribution in [0.25, 0.3) is 10.8 Å². The molecule has 7 heteroatoms. The van der Waals surface area contributed by atoms with Crippen LogP contribution in [0.2, 0.25) is 0 Å². The molecule has 4 rings (SSSR count). The zero-order chi connectivity index (χ0) is 16.5. The first kappa shape index (κ1) is 15.0. The van der Waals surface area contributed by atoms with E-state index < -0.39 is 0 Å². The van der Waals surface area contributed by atoms with Crippen molar-refractivity contribution in [3.63, 3.8) is 0 Å². The maximum absolute atomic E-state index is 12.6. The van der Waals surface area contributed by atoms with Crippen LogP contribution in [0.15, 0.2) is 36.0 Å². The zero-order valence-corrected chi connectivity index (χ0v) is 14.2. The Morgan fingerprint density at radius 1 is 1.17 bits per heavy atom. The van der Waals surface area contributed by atoms with Gasteiger partial charge < -0.3 is 9.80 Å². The average Bonchev–Trinajstić information content (AvgIpc) is 3.07. The number of benzene rings is 1. The number of hydrogen-bond acceptors (Lipinski definition) is 6. The van der Waals surface area contributed by atoms with Crippen molar-refractivity contribution in [3.8, 4) is 0 Å². The first-order valence-electron chi connectivity index (χ1n) is 7.89. The van der Waals surface area contributed by atoms with Gasteiger partial charge in [-0.05, 0) is 6.92 Å². The minimum Gasteiger partial charge on any atom is -0.351 e. The predicted octanol–water partition coefficient (Wildman–Crippen LogP) is 2.36. The first-order valence-corrected chi connectivity index (χ1v) is 8.77. The van der Waals surface area contributed by atoms with Gasteiger partial charge in [0.15, 0.2) is 5.82 Å². The Morgan fingerprint density at radius 3 is 2.71 bits per heavy atom. The number of carbonyl (C=O) groups is 1. The summed E-state index contributed by atoms with van der Waals surface area (Å²) in [5.74, 6) is 0.979. The van der Waals surface area contributed by atoms with Crippen molar-refractivity contribution in [2.75, 3.05) is 31.1 Å². The molecule has 0 atom stereocenters. The van der Waals surface area contributed by atoms with Crippen molar-refractivity contribution in [2.24, 2.45) is 0 Å². The van der Waals surface area contributed by atoms with E-state index in [1.807, 2.05) is 30.0 Å². The highest BCUT2D eigenvalue weighted by molar-refractivity contribution is 7.11. The lowest BCUT2D eigenvalue weighted by atomic mass is 10.1. The van der Waals surface area contributed by atoms with E-state index in [0.29, 0.717) is 13.1 Å². The number of fused-ring (bicyclic) bond motifs is 1. The minimum atomic E-state index is 0.0821. The summed E-state index contributed by atoms with van der Waals surface area (Å²) >= 11 is 1.41. The summed E-state index contributed by atoms with van der Waals surface area (Å²) in [4.78, 5) is 21.6. The van der Waals surface area contributed by atoms with E-state index in [0.717, 1.165) is 40.3 Å². The maximum Gasteiger partial charge on any atom is 0.265 e. The lowest BCUT2D eigenvalue weighted by Gasteiger charge is -2.35. The van der Waals surface area contributed by atoms with Crippen LogP contribution < -0.4 is 4.90 Å². The Labute approximate surface area is 143 Å². The Balaban J connectivity index is 1.52. The Morgan fingerprint density at radius 2 is 1.96 bits per heavy atom. The van der Waals surface area contributed by atoms with Gasteiger partial charge in [0.25, 0.3) is 5.91 Å². The van der Waals surface area contributed by atoms with Crippen molar-refractivity contribution in [3.05, 3.63) is 46.5 Å². The van der Waals surface area contributed by atoms with Crippen molar-refractivity contribution >= 4 is 33.8 Å². The average molecular weight is 339 g/mol. The molecular weight excluding hydrogens is 322 g/mol. The van der Waals surface area contributed by atoms with Gasteiger partial charge in [-0.3, -0.25) is 4.79 Å². The van der Waals surface area contributed by atoms with Gasteiger partial charge in [0.2, 0.25) is 0 Å². The lowest BCUT2D eigenvalue weighted by molar-refractivity contribution is 0.0750. The molecule has 0 spiro atoms. The van der Waals surface area contributed by atoms with Crippen LogP contribution in [0.5, 0.6) is 0 Å². The van der Waals surface area contributed by atoms with E-state index in [9.17, 15) is 4.79 Å². The molecular formula is C17H17N5OS. The van der Waals surface area contributed by atoms with E-state index in [4.69, 9.17) is 0 Å². The summed E-state index contributed by atoms with van der Waals surface area (Å²) in [5, 5.41) is 10.6. The molecule has 1 aliphatic rings. The van der Waals surface area contributed by atoms with Gasteiger partial charge in [0, 0.05) is 37.0 Å². The third-order valence-electron chi connectivity index (χ3n) is 4.36. The van der Waals surface area contributed by atoms with Crippen molar-refractivity contribution in [1.82, 2.24) is 20.1 Å². The number of nitrogens with zero attached hydrogens (tertiary/aromatic N) is 5. The number of aryl methyl sites for hydroxylation is 1. The van der Waals surface area contributed by atoms with Crippen molar-refractivity contribution < 1.29 is 4.79 Å². The standard InChI is InChI=1S/C17H17N5OS/c1-12-15(24-11-18-12)17(23)22-8-6-21(7-9-22)16-14-5-3-2-4-13(14)10-19-20-16/h2-5,10-11H,6-9H2,1H3. The van der Waals surface area contributed by atoms with E-state index in [1.54, 1.807) is 11.7 Å². The van der Waals surface area contributed by atoms with Gasteiger partial charge >= 0.3 is 0 Å². The minimum absolute atomic E-state index is 0.0821. The van der Waals surface area contributed by atoms with Crippen LogP contribution in [0.4, 0.5) is 5.82 Å². The van der Waals surface area contributed by atoms with Gasteiger partial charge in [0.1, 0.15) is 4.88 Å². The van der Waals surface area contributed by atoms with E-state index >= 15 is 0 Å². The summed E-state index contributed by atoms with van der Waals surface area (Å²) in [6.07, 6.45) is 1.78. The lowest BCUT2D eigenvalue weighted by Crippen LogP contribution is -2.49. The van der Waals surface area contributed by atoms with Gasteiger partial charge in [-0.1, -0.05) is 24.3 Å². The molecule has 1 aliphatic heterocycles. The molecule has 0 bridgehead atoms. The molecule has 2 aromatic heterocycles. The first-order chi connectivity index (χ1) is 11.7. The van der Waals surface area contributed by atoms with Crippen LogP contribution >= 0.6 is 11.3 Å². The molecule has 0 aliphatic carbocycles. The number of amides is 1. The number of piperazine rings is 1. The molecule has 6 nitrogen and oxygen atoms in total. The van der Waals surface area contributed by atoms with Gasteiger partial charge in [-0.2, -0.15) is 5.10 Å². The van der Waals surface area contributed by atoms with Crippen LogP contribution in [-0.4, -0.2) is 52.2 Å². The van der Waals surface area contributed by atoms with Crippen LogP contribution in [0.3, 0.4) is 0 Å². The zero-order valence-electron chi connectivity index (χ0n) is 13.3. The Kier molecular flexibility index (Phi) is 3.86. The second kappa shape index (κ2) is 6.16. The molecule has 122 valence electrons. The number of aromatic nitrogens is 3. The molecule has 3 aromatic rings. The Bertz CT molecular complexity index is 880. The normalized spacial score (nSPS) is 15.0. The second-order valence-electron chi connectivity index (χ2n) is 5.80. The highest BCUT2D eigenvalue weighted by Crippen LogP contribution is 2.24. The SMILES string of the molecule is Cc1ncsc1C(=O)N1CCN(c2nncc3ccccc23)CC1. The molecule has 0 unspecified atom stereocenters. The fraction of sp³-hybridized carbons (Fsp3) is 0.294. The number of thiazole rings is 1. The molecule has 1 aromatic carbocycles. The summed E-state index contributed by atoms with van der Waals surface area (Å²) in [6.45, 7) is 4.76. The smallest absolute Gasteiger partial charge is 0.265 e. The monoisotopic (exact) mass is 339 g/mol. The van der Waals surface area contributed by atoms with Gasteiger partial charge in [-0.15, -0.1) is 16.4 Å². The molecule has 1 saturated heterocycles. The molecule has 0 saturated carbocycles. The third-order valence-corrected chi connectivity index (χ3v) is 5.27. The van der Waals surface area contributed by atoms with E-state index in [2.05, 4.69) is 26.1 Å². The van der Waals surface area contributed by atoms with Crippen molar-refractivity contribution in [1.29, 1.82) is 0 Å². The highest BCUT2D eigenvalue weighted by Gasteiger charge is 2.25. The number of carbonyl (C=O) groups excluding carboxylic acids is 1. The molecule has 3 heterocycles. The van der Waals surface area contributed by atoms with Crippen LogP contribution in [0, 0.1) is 6.92 Å². The molecule has 0 radical (unpaired) electrons. The number of rotatable bonds is 2. The fourth-order valence-corrected chi connectivity index (χ4v) is 3.79. The van der Waals surface area contributed by atoms with E-state index in [1.165, 1.54) is 11.3 Å². The van der Waals surface area contributed by atoms with Gasteiger partial charge in [0.05, 0.1) is 17.4 Å². The quantitative estimate of drug-likeness (QED) is 0.717. The molecule has 1 amide bonds. The fourth-order valence-electron chi connectivity index (χ4n) is 3.02. The number of anilines is 1. The van der Waals surface area contributed by atoms with E-state index in [-0.39, 0.29) is 5.91 Å². The summed E-state index contributed by atoms with van der Waals surface area (Å²) < 4.78 is 0. The Hall–Kier alpha value is -2.54. The molecule has 1 fully saturated rings. The number of hydrogen-bond donors (Lipinski definition) is 0. The topological polar surface area (TPSA) is 62.2 Å². The van der Waals surface area contributed by atoms with Gasteiger partial charge in [-0.25, -0.2) is 4.98 Å². The molecule has 24 heavy (non-hydrogen) atoms. The molecule has 0 N–H and O–H groups in total. The highest BCUT2D eigenvalue weighted by atomic mass is 32.1. The summed E-state index contributed by atoms with van der Waals surface area (Å²) in [7, 11) is 0. The third kappa shape index (κ3) is 2.60. The van der Waals surface area contributed by atoms with Crippen molar-refractivity contribution in [2.45, 2.75) is 6.92 Å². The van der Waals surface area contributed by atoms with Crippen LogP contribution in [0.1, 0.15) is 15.4 Å². The largest absolute Gasteiger partial charge is 0.351 e. The summed E-state index contributed by atoms with van der Waals surface area (Å²) in [6, 6.07) is 8.12. The predicted molar refractivity (Wildman–Crippen MR) is 94.5 cm³/mol. The summed E-state index contributed by atoms with van der Waals surface area (Å²) in [5.41, 5.74) is 2.54.